The van der Waals surface area contributed by atoms with Crippen LogP contribution in [-0.2, 0) is 0 Å². The molecule has 0 bridgehead atoms. The number of benzene rings is 1. The van der Waals surface area contributed by atoms with Crippen LogP contribution in [0.15, 0.2) is 36.5 Å². The number of nitrogen functional groups attached to an aromatic ring is 1. The first-order chi connectivity index (χ1) is 9.47. The third kappa shape index (κ3) is 2.83. The molecule has 0 aliphatic carbocycles. The number of aromatic hydroxyl groups is 1. The maximum absolute atomic E-state index is 11.9. The number of carboxylic acids is 1. The summed E-state index contributed by atoms with van der Waals surface area (Å²) >= 11 is 0. The number of hydrogen-bond donors (Lipinski definition) is 4. The number of nitrogens with one attached hydrogen (secondary N) is 1. The van der Waals surface area contributed by atoms with Crippen molar-refractivity contribution in [3.05, 3.63) is 47.8 Å². The number of nitrogens with zero attached hydrogens (tertiary/aromatic N) is 1. The van der Waals surface area contributed by atoms with Crippen LogP contribution in [0.4, 0.5) is 11.4 Å². The first kappa shape index (κ1) is 13.3. The molecular formula is C13H11N3O4. The number of carboxylic acid groups (broad SMARTS) is 1. The van der Waals surface area contributed by atoms with Crippen molar-refractivity contribution < 1.29 is 19.8 Å². The van der Waals surface area contributed by atoms with E-state index in [0.29, 0.717) is 5.69 Å². The molecule has 1 heterocycles. The number of pyridine rings is 1. The van der Waals surface area contributed by atoms with Crippen molar-refractivity contribution in [2.75, 3.05) is 11.1 Å². The van der Waals surface area contributed by atoms with E-state index in [2.05, 4.69) is 10.3 Å². The molecule has 0 atom stereocenters. The molecule has 0 spiro atoms. The maximum Gasteiger partial charge on any atom is 0.335 e. The van der Waals surface area contributed by atoms with Gasteiger partial charge >= 0.3 is 5.97 Å². The smallest absolute Gasteiger partial charge is 0.335 e. The fourth-order valence-electron chi connectivity index (χ4n) is 1.50. The number of hydrogen-bond acceptors (Lipinski definition) is 5. The van der Waals surface area contributed by atoms with E-state index >= 15 is 0 Å². The SMILES string of the molecule is Nc1ccc(C(=O)Nc2cc(C(=O)O)ccc2O)nc1. The lowest BCUT2D eigenvalue weighted by atomic mass is 10.2. The lowest BCUT2D eigenvalue weighted by Crippen LogP contribution is -2.14. The Morgan fingerprint density at radius 2 is 1.95 bits per heavy atom. The largest absolute Gasteiger partial charge is 0.506 e. The maximum atomic E-state index is 11.9. The molecule has 0 saturated carbocycles. The highest BCUT2D eigenvalue weighted by Crippen LogP contribution is 2.24. The van der Waals surface area contributed by atoms with Crippen molar-refractivity contribution in [3.63, 3.8) is 0 Å². The molecule has 0 radical (unpaired) electrons. The minimum Gasteiger partial charge on any atom is -0.506 e. The minimum atomic E-state index is -1.16. The van der Waals surface area contributed by atoms with Crippen LogP contribution < -0.4 is 11.1 Å². The van der Waals surface area contributed by atoms with E-state index in [4.69, 9.17) is 10.8 Å². The van der Waals surface area contributed by atoms with Gasteiger partial charge in [-0.25, -0.2) is 9.78 Å². The van der Waals surface area contributed by atoms with E-state index in [0.717, 1.165) is 6.07 Å². The monoisotopic (exact) mass is 273 g/mol. The highest BCUT2D eigenvalue weighted by Gasteiger charge is 2.12. The van der Waals surface area contributed by atoms with Crippen molar-refractivity contribution in [2.24, 2.45) is 0 Å². The van der Waals surface area contributed by atoms with Crippen LogP contribution >= 0.6 is 0 Å². The molecule has 7 heteroatoms. The zero-order valence-electron chi connectivity index (χ0n) is 10.2. The molecule has 0 saturated heterocycles. The zero-order chi connectivity index (χ0) is 14.7. The van der Waals surface area contributed by atoms with Crippen LogP contribution in [0.3, 0.4) is 0 Å². The Morgan fingerprint density at radius 1 is 1.20 bits per heavy atom. The summed E-state index contributed by atoms with van der Waals surface area (Å²) in [4.78, 5) is 26.5. The summed E-state index contributed by atoms with van der Waals surface area (Å²) in [6, 6.07) is 6.51. The number of phenolic OH excluding ortho intramolecular Hbond substituents is 1. The van der Waals surface area contributed by atoms with Crippen LogP contribution in [0.1, 0.15) is 20.8 Å². The van der Waals surface area contributed by atoms with E-state index in [1.807, 2.05) is 0 Å². The van der Waals surface area contributed by atoms with E-state index in [1.165, 1.54) is 30.5 Å². The number of phenols is 1. The molecule has 0 aliphatic rings. The standard InChI is InChI=1S/C13H11N3O4/c14-8-2-3-9(15-6-8)12(18)16-10-5-7(13(19)20)1-4-11(10)17/h1-6,17H,14H2,(H,16,18)(H,19,20). The van der Waals surface area contributed by atoms with Gasteiger partial charge in [0, 0.05) is 0 Å². The molecule has 2 rings (SSSR count). The fourth-order valence-corrected chi connectivity index (χ4v) is 1.50. The fraction of sp³-hybridized carbons (Fsp3) is 0. The normalized spacial score (nSPS) is 10.0. The molecule has 1 aromatic heterocycles. The quantitative estimate of drug-likeness (QED) is 0.625. The lowest BCUT2D eigenvalue weighted by molar-refractivity contribution is 0.0696. The molecule has 1 amide bonds. The van der Waals surface area contributed by atoms with Gasteiger partial charge in [-0.2, -0.15) is 0 Å². The van der Waals surface area contributed by atoms with Gasteiger partial charge < -0.3 is 21.3 Å². The topological polar surface area (TPSA) is 126 Å². The van der Waals surface area contributed by atoms with E-state index < -0.39 is 11.9 Å². The number of aromatic nitrogens is 1. The Hall–Kier alpha value is -3.09. The van der Waals surface area contributed by atoms with Crippen LogP contribution in [0.25, 0.3) is 0 Å². The number of amides is 1. The third-order valence-electron chi connectivity index (χ3n) is 2.51. The van der Waals surface area contributed by atoms with Gasteiger partial charge in [0.05, 0.1) is 23.1 Å². The number of carbonyl (C=O) groups excluding carboxylic acids is 1. The Labute approximate surface area is 113 Å². The van der Waals surface area contributed by atoms with Gasteiger partial charge in [-0.1, -0.05) is 0 Å². The summed E-state index contributed by atoms with van der Waals surface area (Å²) < 4.78 is 0. The molecule has 7 nitrogen and oxygen atoms in total. The first-order valence-corrected chi connectivity index (χ1v) is 5.56. The second-order valence-corrected chi connectivity index (χ2v) is 3.97. The van der Waals surface area contributed by atoms with Crippen molar-refractivity contribution in [1.82, 2.24) is 4.98 Å². The van der Waals surface area contributed by atoms with Crippen LogP contribution in [0, 0.1) is 0 Å². The molecule has 1 aromatic carbocycles. The Balaban J connectivity index is 2.25. The summed E-state index contributed by atoms with van der Waals surface area (Å²) in [7, 11) is 0. The van der Waals surface area contributed by atoms with Gasteiger partial charge in [0.25, 0.3) is 5.91 Å². The highest BCUT2D eigenvalue weighted by atomic mass is 16.4. The summed E-state index contributed by atoms with van der Waals surface area (Å²) in [6.45, 7) is 0. The van der Waals surface area contributed by atoms with Gasteiger partial charge in [-0.3, -0.25) is 4.79 Å². The first-order valence-electron chi connectivity index (χ1n) is 5.56. The van der Waals surface area contributed by atoms with Crippen molar-refractivity contribution in [3.8, 4) is 5.75 Å². The summed E-state index contributed by atoms with van der Waals surface area (Å²) in [5.41, 5.74) is 5.91. The van der Waals surface area contributed by atoms with E-state index in [1.54, 1.807) is 0 Å². The Kier molecular flexibility index (Phi) is 3.52. The van der Waals surface area contributed by atoms with Crippen LogP contribution in [0.2, 0.25) is 0 Å². The number of anilines is 2. The molecule has 0 unspecified atom stereocenters. The number of rotatable bonds is 3. The van der Waals surface area contributed by atoms with E-state index in [9.17, 15) is 14.7 Å². The lowest BCUT2D eigenvalue weighted by Gasteiger charge is -2.08. The predicted octanol–water partition coefficient (Wildman–Crippen LogP) is 1.32. The van der Waals surface area contributed by atoms with Crippen LogP contribution in [-0.4, -0.2) is 27.1 Å². The predicted molar refractivity (Wildman–Crippen MR) is 71.7 cm³/mol. The van der Waals surface area contributed by atoms with Gasteiger partial charge in [0.2, 0.25) is 0 Å². The van der Waals surface area contributed by atoms with Crippen molar-refractivity contribution in [1.29, 1.82) is 0 Å². The molecule has 5 N–H and O–H groups in total. The average Bonchev–Trinajstić information content (AvgIpc) is 2.41. The second kappa shape index (κ2) is 5.27. The van der Waals surface area contributed by atoms with Crippen molar-refractivity contribution in [2.45, 2.75) is 0 Å². The zero-order valence-corrected chi connectivity index (χ0v) is 10.2. The van der Waals surface area contributed by atoms with Gasteiger partial charge in [0.15, 0.2) is 0 Å². The summed E-state index contributed by atoms with van der Waals surface area (Å²) in [5, 5.41) is 20.9. The Morgan fingerprint density at radius 3 is 2.55 bits per heavy atom. The van der Waals surface area contributed by atoms with Crippen molar-refractivity contribution >= 4 is 23.3 Å². The molecular weight excluding hydrogens is 262 g/mol. The number of carbonyl (C=O) groups is 2. The third-order valence-corrected chi connectivity index (χ3v) is 2.51. The number of nitrogens with two attached hydrogens (primary N) is 1. The molecule has 20 heavy (non-hydrogen) atoms. The summed E-state index contributed by atoms with van der Waals surface area (Å²) in [6.07, 6.45) is 1.32. The molecule has 0 fully saturated rings. The highest BCUT2D eigenvalue weighted by molar-refractivity contribution is 6.04. The Bertz CT molecular complexity index is 668. The van der Waals surface area contributed by atoms with Crippen LogP contribution in [0.5, 0.6) is 5.75 Å². The second-order valence-electron chi connectivity index (χ2n) is 3.97. The van der Waals surface area contributed by atoms with Gasteiger partial charge in [-0.15, -0.1) is 0 Å². The molecule has 2 aromatic rings. The number of aromatic carboxylic acids is 1. The summed E-state index contributed by atoms with van der Waals surface area (Å²) in [5.74, 6) is -1.98. The molecule has 102 valence electrons. The molecule has 0 aliphatic heterocycles. The minimum absolute atomic E-state index is 0.00600. The van der Waals surface area contributed by atoms with E-state index in [-0.39, 0.29) is 22.7 Å². The van der Waals surface area contributed by atoms with Gasteiger partial charge in [0.1, 0.15) is 11.4 Å². The average molecular weight is 273 g/mol. The van der Waals surface area contributed by atoms with Gasteiger partial charge in [-0.05, 0) is 30.3 Å².